The number of allylic oxidation sites excluding steroid dienone is 4. The molecule has 2 heterocycles. The van der Waals surface area contributed by atoms with Crippen LogP contribution >= 0.6 is 0 Å². The van der Waals surface area contributed by atoms with Gasteiger partial charge in [-0.1, -0.05) is 140 Å². The molecule has 0 spiro atoms. The smallest absolute Gasteiger partial charge is 0.0560 e. The molecule has 0 saturated carbocycles. The fraction of sp³-hybridized carbons (Fsp3) is 0.0417. The fourth-order valence-corrected chi connectivity index (χ4v) is 8.02. The summed E-state index contributed by atoms with van der Waals surface area (Å²) >= 11 is 0. The summed E-state index contributed by atoms with van der Waals surface area (Å²) in [7, 11) is 0. The number of benzene rings is 7. The predicted molar refractivity (Wildman–Crippen MR) is 212 cm³/mol. The van der Waals surface area contributed by atoms with Crippen molar-refractivity contribution in [2.45, 2.75) is 12.5 Å². The Hall–Kier alpha value is -6.38. The van der Waals surface area contributed by atoms with Crippen molar-refractivity contribution in [3.8, 4) is 39.1 Å². The zero-order chi connectivity index (χ0) is 33.0. The van der Waals surface area contributed by atoms with Crippen molar-refractivity contribution in [3.63, 3.8) is 0 Å². The van der Waals surface area contributed by atoms with Crippen LogP contribution in [0.25, 0.3) is 82.7 Å². The van der Waals surface area contributed by atoms with Crippen molar-refractivity contribution in [3.05, 3.63) is 188 Å². The van der Waals surface area contributed by atoms with Gasteiger partial charge in [-0.3, -0.25) is 0 Å². The summed E-state index contributed by atoms with van der Waals surface area (Å²) in [5, 5.41) is 5.14. The molecular weight excluding hydrogens is 605 g/mol. The van der Waals surface area contributed by atoms with Gasteiger partial charge in [-0.25, -0.2) is 0 Å². The van der Waals surface area contributed by atoms with Crippen molar-refractivity contribution >= 4 is 43.6 Å². The highest BCUT2D eigenvalue weighted by Gasteiger charge is 2.18. The number of hydrogen-bond donors (Lipinski definition) is 0. The summed E-state index contributed by atoms with van der Waals surface area (Å²) in [5.41, 5.74) is 13.5. The summed E-state index contributed by atoms with van der Waals surface area (Å²) in [5.74, 6) is 0. The van der Waals surface area contributed by atoms with Gasteiger partial charge in [-0.05, 0) is 88.3 Å². The third-order valence-electron chi connectivity index (χ3n) is 10.5. The molecule has 1 aliphatic carbocycles. The molecule has 2 aromatic heterocycles. The molecule has 9 aromatic rings. The number of rotatable bonds is 5. The van der Waals surface area contributed by atoms with Crippen LogP contribution in [-0.4, -0.2) is 9.13 Å². The van der Waals surface area contributed by atoms with Crippen LogP contribution in [0.15, 0.2) is 188 Å². The van der Waals surface area contributed by atoms with Gasteiger partial charge in [-0.15, -0.1) is 0 Å². The highest BCUT2D eigenvalue weighted by molar-refractivity contribution is 6.12. The summed E-state index contributed by atoms with van der Waals surface area (Å²) in [6.45, 7) is 0. The fourth-order valence-electron chi connectivity index (χ4n) is 8.02. The van der Waals surface area contributed by atoms with Crippen molar-refractivity contribution in [1.29, 1.82) is 0 Å². The molecule has 236 valence electrons. The summed E-state index contributed by atoms with van der Waals surface area (Å²) in [4.78, 5) is 0. The van der Waals surface area contributed by atoms with E-state index in [0.717, 1.165) is 12.1 Å². The molecule has 0 radical (unpaired) electrons. The van der Waals surface area contributed by atoms with Crippen molar-refractivity contribution in [1.82, 2.24) is 9.13 Å². The van der Waals surface area contributed by atoms with Crippen LogP contribution < -0.4 is 0 Å². The molecule has 10 rings (SSSR count). The van der Waals surface area contributed by atoms with E-state index >= 15 is 0 Å². The van der Waals surface area contributed by atoms with Crippen LogP contribution in [0.1, 0.15) is 12.5 Å². The van der Waals surface area contributed by atoms with Gasteiger partial charge in [0, 0.05) is 38.3 Å². The quantitative estimate of drug-likeness (QED) is 0.178. The van der Waals surface area contributed by atoms with E-state index in [9.17, 15) is 0 Å². The van der Waals surface area contributed by atoms with E-state index in [0.29, 0.717) is 6.04 Å². The van der Waals surface area contributed by atoms with Crippen LogP contribution in [0.5, 0.6) is 0 Å². The Bertz CT molecular complexity index is 2760. The van der Waals surface area contributed by atoms with Crippen molar-refractivity contribution < 1.29 is 0 Å². The Morgan fingerprint density at radius 1 is 0.380 bits per heavy atom. The SMILES string of the molecule is C1=CCC(n2c3ccccc3c3cc(-c4ccc5c(c4)c4ccccc4n5-c4ccc(-c5ccc(-c6ccccc6)cc5)cc4)ccc32)C=C1. The third kappa shape index (κ3) is 4.64. The van der Waals surface area contributed by atoms with Crippen LogP contribution in [0.4, 0.5) is 0 Å². The van der Waals surface area contributed by atoms with Gasteiger partial charge in [0.1, 0.15) is 0 Å². The van der Waals surface area contributed by atoms with Gasteiger partial charge in [-0.2, -0.15) is 0 Å². The molecule has 1 atom stereocenters. The first-order valence-electron chi connectivity index (χ1n) is 17.5. The van der Waals surface area contributed by atoms with Crippen molar-refractivity contribution in [2.75, 3.05) is 0 Å². The largest absolute Gasteiger partial charge is 0.333 e. The second kappa shape index (κ2) is 11.6. The monoisotopic (exact) mass is 638 g/mol. The van der Waals surface area contributed by atoms with Crippen molar-refractivity contribution in [2.24, 2.45) is 0 Å². The van der Waals surface area contributed by atoms with Crippen LogP contribution in [0, 0.1) is 0 Å². The number of hydrogen-bond acceptors (Lipinski definition) is 0. The Kier molecular flexibility index (Phi) is 6.67. The van der Waals surface area contributed by atoms with E-state index in [1.807, 2.05) is 0 Å². The molecule has 0 amide bonds. The molecule has 50 heavy (non-hydrogen) atoms. The minimum absolute atomic E-state index is 0.324. The molecule has 2 nitrogen and oxygen atoms in total. The van der Waals surface area contributed by atoms with E-state index in [1.54, 1.807) is 0 Å². The molecule has 0 aliphatic heterocycles. The van der Waals surface area contributed by atoms with Crippen LogP contribution in [0.3, 0.4) is 0 Å². The molecule has 2 heteroatoms. The number of fused-ring (bicyclic) bond motifs is 6. The van der Waals surface area contributed by atoms with Crippen LogP contribution in [0.2, 0.25) is 0 Å². The molecule has 0 N–H and O–H groups in total. The first-order valence-corrected chi connectivity index (χ1v) is 17.5. The zero-order valence-electron chi connectivity index (χ0n) is 27.6. The Labute approximate surface area is 291 Å². The van der Waals surface area contributed by atoms with Crippen LogP contribution in [-0.2, 0) is 0 Å². The van der Waals surface area contributed by atoms with E-state index in [2.05, 4.69) is 197 Å². The Morgan fingerprint density at radius 2 is 0.860 bits per heavy atom. The summed E-state index contributed by atoms with van der Waals surface area (Å²) in [6.07, 6.45) is 9.92. The summed E-state index contributed by atoms with van der Waals surface area (Å²) < 4.78 is 4.91. The predicted octanol–water partition coefficient (Wildman–Crippen LogP) is 12.9. The molecular formula is C48H34N2. The molecule has 7 aromatic carbocycles. The molecule has 1 unspecified atom stereocenters. The lowest BCUT2D eigenvalue weighted by molar-refractivity contribution is 0.648. The maximum absolute atomic E-state index is 2.51. The molecule has 0 fully saturated rings. The standard InChI is InChI=1S/C48H34N2/c1-3-11-33(12-4-1)34-19-21-35(22-20-34)36-23-27-40(28-24-36)50-46-18-10-8-16-42(46)44-32-38(26-30-48(44)50)37-25-29-47-43(31-37)41-15-7-9-17-45(41)49(47)39-13-5-2-6-14-39/h1-13,15-32,39H,14H2. The second-order valence-electron chi connectivity index (χ2n) is 13.3. The normalized spacial score (nSPS) is 14.4. The number of aromatic nitrogens is 2. The lowest BCUT2D eigenvalue weighted by Crippen LogP contribution is -2.06. The van der Waals surface area contributed by atoms with E-state index in [1.165, 1.54) is 77.0 Å². The number of nitrogens with zero attached hydrogens (tertiary/aromatic N) is 2. The highest BCUT2D eigenvalue weighted by Crippen LogP contribution is 2.39. The van der Waals surface area contributed by atoms with E-state index < -0.39 is 0 Å². The van der Waals surface area contributed by atoms with E-state index in [4.69, 9.17) is 0 Å². The molecule has 0 saturated heterocycles. The Balaban J connectivity index is 1.04. The molecule has 0 bridgehead atoms. The first kappa shape index (κ1) is 28.6. The van der Waals surface area contributed by atoms with Gasteiger partial charge < -0.3 is 9.13 Å². The lowest BCUT2D eigenvalue weighted by Gasteiger charge is -2.18. The van der Waals surface area contributed by atoms with Gasteiger partial charge in [0.05, 0.1) is 17.1 Å². The lowest BCUT2D eigenvalue weighted by atomic mass is 10.00. The maximum atomic E-state index is 2.51. The topological polar surface area (TPSA) is 9.86 Å². The van der Waals surface area contributed by atoms with Gasteiger partial charge in [0.2, 0.25) is 0 Å². The first-order chi connectivity index (χ1) is 24.8. The van der Waals surface area contributed by atoms with Gasteiger partial charge >= 0.3 is 0 Å². The maximum Gasteiger partial charge on any atom is 0.0560 e. The summed E-state index contributed by atoms with van der Waals surface area (Å²) in [6, 6.07) is 60.3. The number of para-hydroxylation sites is 2. The third-order valence-corrected chi connectivity index (χ3v) is 10.5. The van der Waals surface area contributed by atoms with E-state index in [-0.39, 0.29) is 0 Å². The second-order valence-corrected chi connectivity index (χ2v) is 13.3. The van der Waals surface area contributed by atoms with Gasteiger partial charge in [0.25, 0.3) is 0 Å². The highest BCUT2D eigenvalue weighted by atomic mass is 15.0. The average molecular weight is 639 g/mol. The average Bonchev–Trinajstić information content (AvgIpc) is 3.71. The minimum atomic E-state index is 0.324. The van der Waals surface area contributed by atoms with Gasteiger partial charge in [0.15, 0.2) is 0 Å². The minimum Gasteiger partial charge on any atom is -0.333 e. The Morgan fingerprint density at radius 3 is 1.52 bits per heavy atom. The zero-order valence-corrected chi connectivity index (χ0v) is 27.6. The molecule has 1 aliphatic rings.